The van der Waals surface area contributed by atoms with Crippen molar-refractivity contribution in [1.82, 2.24) is 0 Å². The first-order valence-corrected chi connectivity index (χ1v) is 11.8. The molecule has 0 heterocycles. The number of benzene rings is 2. The van der Waals surface area contributed by atoms with Crippen molar-refractivity contribution in [2.24, 2.45) is 5.92 Å². The molecule has 0 spiro atoms. The average Bonchev–Trinajstić information content (AvgIpc) is 2.67. The monoisotopic (exact) mass is 364 g/mol. The summed E-state index contributed by atoms with van der Waals surface area (Å²) in [6.07, 6.45) is 8.65. The summed E-state index contributed by atoms with van der Waals surface area (Å²) in [6.45, 7) is 9.33. The van der Waals surface area contributed by atoms with Crippen molar-refractivity contribution in [2.45, 2.75) is 58.1 Å². The largest absolute Gasteiger partial charge is 0.404 e. The number of rotatable bonds is 5. The quantitative estimate of drug-likeness (QED) is 0.516. The van der Waals surface area contributed by atoms with Gasteiger partial charge in [0.25, 0.3) is 8.32 Å². The molecule has 138 valence electrons. The van der Waals surface area contributed by atoms with Gasteiger partial charge in [0, 0.05) is 12.0 Å². The van der Waals surface area contributed by atoms with Gasteiger partial charge in [-0.2, -0.15) is 0 Å². The van der Waals surface area contributed by atoms with Gasteiger partial charge in [-0.25, -0.2) is 0 Å². The van der Waals surface area contributed by atoms with Crippen molar-refractivity contribution < 1.29 is 4.43 Å². The van der Waals surface area contributed by atoms with Gasteiger partial charge in [0.1, 0.15) is 0 Å². The summed E-state index contributed by atoms with van der Waals surface area (Å²) in [5.41, 5.74) is 0. The summed E-state index contributed by atoms with van der Waals surface area (Å²) in [7, 11) is -2.43. The molecule has 1 aliphatic rings. The van der Waals surface area contributed by atoms with E-state index in [1.165, 1.54) is 29.6 Å². The molecule has 0 aromatic heterocycles. The molecule has 0 aliphatic heterocycles. The Morgan fingerprint density at radius 1 is 0.923 bits per heavy atom. The molecule has 2 atom stereocenters. The molecule has 0 saturated heterocycles. The van der Waals surface area contributed by atoms with Crippen LogP contribution in [-0.4, -0.2) is 14.4 Å². The molecule has 3 rings (SSSR count). The summed E-state index contributed by atoms with van der Waals surface area (Å²) in [4.78, 5) is 0. The van der Waals surface area contributed by atoms with Gasteiger partial charge >= 0.3 is 0 Å². The zero-order valence-electron chi connectivity index (χ0n) is 16.6. The zero-order valence-corrected chi connectivity index (χ0v) is 17.6. The maximum absolute atomic E-state index is 7.20. The Morgan fingerprint density at radius 2 is 1.46 bits per heavy atom. The molecule has 0 N–H and O–H groups in total. The van der Waals surface area contributed by atoms with Crippen LogP contribution >= 0.6 is 0 Å². The van der Waals surface area contributed by atoms with E-state index in [9.17, 15) is 0 Å². The van der Waals surface area contributed by atoms with Gasteiger partial charge in [-0.05, 0) is 41.6 Å². The molecule has 1 aliphatic carbocycles. The maximum Gasteiger partial charge on any atom is 0.261 e. The van der Waals surface area contributed by atoms with E-state index < -0.39 is 8.32 Å². The summed E-state index contributed by atoms with van der Waals surface area (Å²) in [6, 6.07) is 21.9. The lowest BCUT2D eigenvalue weighted by molar-refractivity contribution is 0.153. The van der Waals surface area contributed by atoms with E-state index in [-0.39, 0.29) is 11.1 Å². The van der Waals surface area contributed by atoms with Crippen molar-refractivity contribution in [3.05, 3.63) is 72.8 Å². The minimum absolute atomic E-state index is 0.0440. The topological polar surface area (TPSA) is 9.23 Å². The Bertz CT molecular complexity index is 675. The van der Waals surface area contributed by atoms with Crippen molar-refractivity contribution in [3.63, 3.8) is 0 Å². The summed E-state index contributed by atoms with van der Waals surface area (Å²) < 4.78 is 7.20. The van der Waals surface area contributed by atoms with Crippen LogP contribution in [0, 0.1) is 5.92 Å². The van der Waals surface area contributed by atoms with E-state index in [4.69, 9.17) is 4.43 Å². The van der Waals surface area contributed by atoms with Crippen LogP contribution < -0.4 is 10.4 Å². The second-order valence-corrected chi connectivity index (χ2v) is 12.8. The molecule has 2 heteroatoms. The van der Waals surface area contributed by atoms with Crippen LogP contribution in [-0.2, 0) is 4.43 Å². The highest BCUT2D eigenvalue weighted by Crippen LogP contribution is 2.39. The minimum Gasteiger partial charge on any atom is -0.404 e. The van der Waals surface area contributed by atoms with Gasteiger partial charge in [0.15, 0.2) is 0 Å². The smallest absolute Gasteiger partial charge is 0.261 e. The van der Waals surface area contributed by atoms with Crippen molar-refractivity contribution >= 4 is 18.7 Å². The standard InChI is InChI=1S/C24H32OSi/c1-20(21-14-8-5-9-15-21)25-26(24(2,3)4,22-16-10-6-11-17-22)23-18-12-7-13-19-23/h6-8,10-14,16-21H,5,9,15H2,1-4H3/t20-,21+/m0/s1. The van der Waals surface area contributed by atoms with E-state index in [1.807, 2.05) is 0 Å². The van der Waals surface area contributed by atoms with E-state index in [0.29, 0.717) is 5.92 Å². The SMILES string of the molecule is C[C@H](O[Si](c1ccccc1)(c1ccccc1)C(C)(C)C)[C@@H]1C=CCCC1. The normalized spacial score (nSPS) is 19.3. The molecular formula is C24H32OSi. The van der Waals surface area contributed by atoms with Gasteiger partial charge in [0.05, 0.1) is 0 Å². The van der Waals surface area contributed by atoms with Crippen molar-refractivity contribution in [2.75, 3.05) is 0 Å². The Kier molecular flexibility index (Phi) is 5.84. The average molecular weight is 365 g/mol. The fourth-order valence-electron chi connectivity index (χ4n) is 4.29. The molecule has 0 fully saturated rings. The first-order chi connectivity index (χ1) is 12.4. The molecule has 0 saturated carbocycles. The third-order valence-electron chi connectivity index (χ3n) is 5.67. The molecule has 0 unspecified atom stereocenters. The number of allylic oxidation sites excluding steroid dienone is 1. The van der Waals surface area contributed by atoms with E-state index in [2.05, 4.69) is 101 Å². The van der Waals surface area contributed by atoms with Gasteiger partial charge in [-0.1, -0.05) is 93.6 Å². The van der Waals surface area contributed by atoms with Crippen LogP contribution in [0.5, 0.6) is 0 Å². The molecule has 2 aromatic carbocycles. The van der Waals surface area contributed by atoms with E-state index >= 15 is 0 Å². The van der Waals surface area contributed by atoms with Crippen LogP contribution in [0.3, 0.4) is 0 Å². The lowest BCUT2D eigenvalue weighted by atomic mass is 9.92. The molecule has 26 heavy (non-hydrogen) atoms. The first-order valence-electron chi connectivity index (χ1n) is 9.91. The van der Waals surface area contributed by atoms with Crippen molar-refractivity contribution in [1.29, 1.82) is 0 Å². The summed E-state index contributed by atoms with van der Waals surface area (Å²) in [5, 5.41) is 2.78. The summed E-state index contributed by atoms with van der Waals surface area (Å²) in [5.74, 6) is 0.519. The second-order valence-electron chi connectivity index (χ2n) is 8.51. The highest BCUT2D eigenvalue weighted by Gasteiger charge is 2.51. The van der Waals surface area contributed by atoms with Crippen LogP contribution in [0.2, 0.25) is 5.04 Å². The molecule has 0 radical (unpaired) electrons. The van der Waals surface area contributed by atoms with Crippen molar-refractivity contribution in [3.8, 4) is 0 Å². The molecular weight excluding hydrogens is 332 g/mol. The zero-order chi connectivity index (χ0) is 18.6. The van der Waals surface area contributed by atoms with Crippen LogP contribution in [0.1, 0.15) is 47.0 Å². The van der Waals surface area contributed by atoms with Gasteiger partial charge in [0.2, 0.25) is 0 Å². The predicted octanol–water partition coefficient (Wildman–Crippen LogP) is 5.31. The van der Waals surface area contributed by atoms with E-state index in [1.54, 1.807) is 0 Å². The maximum atomic E-state index is 7.20. The van der Waals surface area contributed by atoms with Gasteiger partial charge in [-0.15, -0.1) is 0 Å². The highest BCUT2D eigenvalue weighted by molar-refractivity contribution is 6.99. The number of hydrogen-bond donors (Lipinski definition) is 0. The fourth-order valence-corrected chi connectivity index (χ4v) is 9.03. The Balaban J connectivity index is 2.11. The molecule has 1 nitrogen and oxygen atoms in total. The second kappa shape index (κ2) is 7.94. The lowest BCUT2D eigenvalue weighted by Crippen LogP contribution is -2.67. The predicted molar refractivity (Wildman–Crippen MR) is 115 cm³/mol. The van der Waals surface area contributed by atoms with Gasteiger partial charge in [-0.3, -0.25) is 0 Å². The van der Waals surface area contributed by atoms with Crippen LogP contribution in [0.15, 0.2) is 72.8 Å². The molecule has 0 bridgehead atoms. The lowest BCUT2D eigenvalue weighted by Gasteiger charge is -2.46. The first kappa shape index (κ1) is 19.1. The minimum atomic E-state index is -2.43. The molecule has 0 amide bonds. The van der Waals surface area contributed by atoms with E-state index in [0.717, 1.165) is 0 Å². The number of hydrogen-bond acceptors (Lipinski definition) is 1. The molecule has 2 aromatic rings. The van der Waals surface area contributed by atoms with Crippen LogP contribution in [0.25, 0.3) is 0 Å². The van der Waals surface area contributed by atoms with Gasteiger partial charge < -0.3 is 4.43 Å². The highest BCUT2D eigenvalue weighted by atomic mass is 28.4. The third kappa shape index (κ3) is 3.72. The Labute approximate surface area is 160 Å². The Morgan fingerprint density at radius 3 is 1.88 bits per heavy atom. The fraction of sp³-hybridized carbons (Fsp3) is 0.417. The Hall–Kier alpha value is -1.64. The van der Waals surface area contributed by atoms with Crippen LogP contribution in [0.4, 0.5) is 0 Å². The third-order valence-corrected chi connectivity index (χ3v) is 10.8. The summed E-state index contributed by atoms with van der Waals surface area (Å²) >= 11 is 0.